The number of rotatable bonds is 4. The molecular weight excluding hydrogens is 176 g/mol. The van der Waals surface area contributed by atoms with E-state index in [-0.39, 0.29) is 5.60 Å². The second kappa shape index (κ2) is 4.60. The zero-order valence-corrected chi connectivity index (χ0v) is 8.89. The number of piperidine rings is 1. The SMILES string of the molecule is OC1(CNCC2CCCNC2)CCC1. The fourth-order valence-corrected chi connectivity index (χ4v) is 2.37. The molecule has 0 amide bonds. The van der Waals surface area contributed by atoms with Gasteiger partial charge in [0.1, 0.15) is 0 Å². The Bertz CT molecular complexity index is 174. The smallest absolute Gasteiger partial charge is 0.0771 e. The lowest BCUT2D eigenvalue weighted by Crippen LogP contribution is -2.48. The predicted octanol–water partition coefficient (Wildman–Crippen LogP) is 0.491. The highest BCUT2D eigenvalue weighted by atomic mass is 16.3. The van der Waals surface area contributed by atoms with Crippen molar-refractivity contribution >= 4 is 0 Å². The molecule has 0 spiro atoms. The fraction of sp³-hybridized carbons (Fsp3) is 1.00. The van der Waals surface area contributed by atoms with E-state index >= 15 is 0 Å². The zero-order chi connectivity index (χ0) is 9.86. The lowest BCUT2D eigenvalue weighted by Gasteiger charge is -2.37. The van der Waals surface area contributed by atoms with Crippen LogP contribution in [0.25, 0.3) is 0 Å². The molecule has 82 valence electrons. The van der Waals surface area contributed by atoms with E-state index in [1.807, 2.05) is 0 Å². The van der Waals surface area contributed by atoms with Gasteiger partial charge in [-0.2, -0.15) is 0 Å². The van der Waals surface area contributed by atoms with Crippen LogP contribution in [-0.4, -0.2) is 36.9 Å². The van der Waals surface area contributed by atoms with Crippen LogP contribution in [0.15, 0.2) is 0 Å². The Hall–Kier alpha value is -0.120. The third kappa shape index (κ3) is 2.69. The molecule has 1 heterocycles. The van der Waals surface area contributed by atoms with E-state index in [0.29, 0.717) is 0 Å². The standard InChI is InChI=1S/C11H22N2O/c14-11(4-2-5-11)9-13-8-10-3-1-6-12-7-10/h10,12-14H,1-9H2. The van der Waals surface area contributed by atoms with Crippen LogP contribution in [0.3, 0.4) is 0 Å². The maximum absolute atomic E-state index is 9.86. The first-order valence-electron chi connectivity index (χ1n) is 5.92. The highest BCUT2D eigenvalue weighted by Crippen LogP contribution is 2.30. The summed E-state index contributed by atoms with van der Waals surface area (Å²) in [7, 11) is 0. The quantitative estimate of drug-likeness (QED) is 0.616. The number of aliphatic hydroxyl groups is 1. The van der Waals surface area contributed by atoms with Crippen molar-refractivity contribution in [2.24, 2.45) is 5.92 Å². The van der Waals surface area contributed by atoms with Crippen molar-refractivity contribution in [3.63, 3.8) is 0 Å². The molecule has 1 aliphatic carbocycles. The van der Waals surface area contributed by atoms with Crippen LogP contribution in [0.2, 0.25) is 0 Å². The molecule has 2 rings (SSSR count). The van der Waals surface area contributed by atoms with Gasteiger partial charge in [-0.1, -0.05) is 0 Å². The van der Waals surface area contributed by atoms with Crippen LogP contribution >= 0.6 is 0 Å². The van der Waals surface area contributed by atoms with Gasteiger partial charge in [0.15, 0.2) is 0 Å². The van der Waals surface area contributed by atoms with Gasteiger partial charge in [-0.05, 0) is 57.7 Å². The summed E-state index contributed by atoms with van der Waals surface area (Å²) >= 11 is 0. The minimum absolute atomic E-state index is 0.359. The van der Waals surface area contributed by atoms with E-state index in [4.69, 9.17) is 0 Å². The van der Waals surface area contributed by atoms with Gasteiger partial charge in [0.05, 0.1) is 5.60 Å². The van der Waals surface area contributed by atoms with Crippen molar-refractivity contribution in [3.05, 3.63) is 0 Å². The van der Waals surface area contributed by atoms with Crippen molar-refractivity contribution < 1.29 is 5.11 Å². The minimum Gasteiger partial charge on any atom is -0.389 e. The van der Waals surface area contributed by atoms with E-state index in [1.165, 1.54) is 25.8 Å². The molecule has 3 N–H and O–H groups in total. The van der Waals surface area contributed by atoms with Crippen LogP contribution in [0.5, 0.6) is 0 Å². The third-order valence-corrected chi connectivity index (χ3v) is 3.57. The predicted molar refractivity (Wildman–Crippen MR) is 57.3 cm³/mol. The van der Waals surface area contributed by atoms with Gasteiger partial charge in [0, 0.05) is 6.54 Å². The number of hydrogen-bond donors (Lipinski definition) is 3. The molecule has 3 nitrogen and oxygen atoms in total. The molecule has 0 bridgehead atoms. The first kappa shape index (κ1) is 10.4. The molecule has 2 aliphatic rings. The molecule has 2 fully saturated rings. The highest BCUT2D eigenvalue weighted by molar-refractivity contribution is 4.89. The summed E-state index contributed by atoms with van der Waals surface area (Å²) in [6, 6.07) is 0. The van der Waals surface area contributed by atoms with Crippen LogP contribution in [0.4, 0.5) is 0 Å². The van der Waals surface area contributed by atoms with Crippen LogP contribution < -0.4 is 10.6 Å². The molecular formula is C11H22N2O. The van der Waals surface area contributed by atoms with E-state index in [0.717, 1.165) is 38.4 Å². The molecule has 1 saturated heterocycles. The van der Waals surface area contributed by atoms with Crippen LogP contribution in [0, 0.1) is 5.92 Å². The van der Waals surface area contributed by atoms with Crippen molar-refractivity contribution in [2.75, 3.05) is 26.2 Å². The van der Waals surface area contributed by atoms with E-state index in [1.54, 1.807) is 0 Å². The maximum Gasteiger partial charge on any atom is 0.0771 e. The highest BCUT2D eigenvalue weighted by Gasteiger charge is 2.33. The van der Waals surface area contributed by atoms with Gasteiger partial charge in [0.2, 0.25) is 0 Å². The summed E-state index contributed by atoms with van der Waals surface area (Å²) in [5.74, 6) is 0.771. The Morgan fingerprint density at radius 3 is 2.79 bits per heavy atom. The largest absolute Gasteiger partial charge is 0.389 e. The summed E-state index contributed by atoms with van der Waals surface area (Å²) in [6.07, 6.45) is 5.81. The molecule has 0 aromatic rings. The first-order valence-corrected chi connectivity index (χ1v) is 5.92. The van der Waals surface area contributed by atoms with E-state index in [2.05, 4.69) is 10.6 Å². The van der Waals surface area contributed by atoms with Crippen molar-refractivity contribution in [2.45, 2.75) is 37.7 Å². The molecule has 1 saturated carbocycles. The normalized spacial score (nSPS) is 31.1. The monoisotopic (exact) mass is 198 g/mol. The summed E-state index contributed by atoms with van der Waals surface area (Å²) in [5, 5.41) is 16.7. The van der Waals surface area contributed by atoms with Gasteiger partial charge in [-0.3, -0.25) is 0 Å². The molecule has 0 aromatic carbocycles. The average molecular weight is 198 g/mol. The number of hydrogen-bond acceptors (Lipinski definition) is 3. The van der Waals surface area contributed by atoms with Gasteiger partial charge >= 0.3 is 0 Å². The molecule has 1 atom stereocenters. The Morgan fingerprint density at radius 2 is 2.21 bits per heavy atom. The van der Waals surface area contributed by atoms with Crippen molar-refractivity contribution in [1.82, 2.24) is 10.6 Å². The van der Waals surface area contributed by atoms with E-state index < -0.39 is 0 Å². The topological polar surface area (TPSA) is 44.3 Å². The second-order valence-electron chi connectivity index (χ2n) is 4.92. The molecule has 0 aromatic heterocycles. The van der Waals surface area contributed by atoms with Crippen molar-refractivity contribution in [1.29, 1.82) is 0 Å². The van der Waals surface area contributed by atoms with Gasteiger partial charge < -0.3 is 15.7 Å². The molecule has 1 aliphatic heterocycles. The van der Waals surface area contributed by atoms with E-state index in [9.17, 15) is 5.11 Å². The minimum atomic E-state index is -0.359. The molecule has 3 heteroatoms. The van der Waals surface area contributed by atoms with Crippen molar-refractivity contribution in [3.8, 4) is 0 Å². The van der Waals surface area contributed by atoms with Gasteiger partial charge in [-0.15, -0.1) is 0 Å². The second-order valence-corrected chi connectivity index (χ2v) is 4.92. The molecule has 1 unspecified atom stereocenters. The third-order valence-electron chi connectivity index (χ3n) is 3.57. The zero-order valence-electron chi connectivity index (χ0n) is 8.89. The summed E-state index contributed by atoms with van der Waals surface area (Å²) in [4.78, 5) is 0. The first-order chi connectivity index (χ1) is 6.79. The van der Waals surface area contributed by atoms with Gasteiger partial charge in [-0.25, -0.2) is 0 Å². The molecule has 0 radical (unpaired) electrons. The lowest BCUT2D eigenvalue weighted by molar-refractivity contribution is -0.0318. The number of nitrogens with one attached hydrogen (secondary N) is 2. The summed E-state index contributed by atoms with van der Waals surface area (Å²) in [6.45, 7) is 4.19. The lowest BCUT2D eigenvalue weighted by atomic mass is 9.80. The molecule has 14 heavy (non-hydrogen) atoms. The summed E-state index contributed by atoms with van der Waals surface area (Å²) < 4.78 is 0. The Balaban J connectivity index is 1.57. The van der Waals surface area contributed by atoms with Crippen LogP contribution in [0.1, 0.15) is 32.1 Å². The van der Waals surface area contributed by atoms with Crippen LogP contribution in [-0.2, 0) is 0 Å². The Morgan fingerprint density at radius 1 is 1.36 bits per heavy atom. The maximum atomic E-state index is 9.86. The summed E-state index contributed by atoms with van der Waals surface area (Å²) in [5.41, 5.74) is -0.359. The van der Waals surface area contributed by atoms with Gasteiger partial charge in [0.25, 0.3) is 0 Å². The Kier molecular flexibility index (Phi) is 3.42. The average Bonchev–Trinajstić information content (AvgIpc) is 2.17. The Labute approximate surface area is 86.3 Å². The fourth-order valence-electron chi connectivity index (χ4n) is 2.37.